The second kappa shape index (κ2) is 10.6. The number of carbonyl (C=O) groups is 2. The van der Waals surface area contributed by atoms with Gasteiger partial charge in [-0.3, -0.25) is 9.59 Å². The maximum Gasteiger partial charge on any atom is 0.245 e. The lowest BCUT2D eigenvalue weighted by Gasteiger charge is -2.42. The zero-order chi connectivity index (χ0) is 20.8. The van der Waals surface area contributed by atoms with E-state index in [0.717, 1.165) is 57.2 Å². The molecule has 2 fully saturated rings. The van der Waals surface area contributed by atoms with Crippen molar-refractivity contribution in [3.63, 3.8) is 0 Å². The summed E-state index contributed by atoms with van der Waals surface area (Å²) in [6.45, 7) is 16.3. The average molecular weight is 394 g/mol. The quantitative estimate of drug-likeness (QED) is 0.686. The maximum absolute atomic E-state index is 13.4. The Bertz CT molecular complexity index is 510. The van der Waals surface area contributed by atoms with E-state index in [1.54, 1.807) is 0 Å². The van der Waals surface area contributed by atoms with Crippen molar-refractivity contribution in [3.05, 3.63) is 0 Å². The summed E-state index contributed by atoms with van der Waals surface area (Å²) >= 11 is 0. The average Bonchev–Trinajstić information content (AvgIpc) is 2.61. The van der Waals surface area contributed by atoms with Gasteiger partial charge < -0.3 is 15.1 Å². The molecule has 0 spiro atoms. The van der Waals surface area contributed by atoms with Crippen molar-refractivity contribution in [2.75, 3.05) is 26.2 Å². The van der Waals surface area contributed by atoms with Gasteiger partial charge in [0.05, 0.1) is 6.04 Å². The van der Waals surface area contributed by atoms with Gasteiger partial charge in [0.15, 0.2) is 0 Å². The molecule has 5 heteroatoms. The Balaban J connectivity index is 2.06. The van der Waals surface area contributed by atoms with Crippen LogP contribution >= 0.6 is 0 Å². The Hall–Kier alpha value is -1.10. The summed E-state index contributed by atoms with van der Waals surface area (Å²) in [4.78, 5) is 30.5. The smallest absolute Gasteiger partial charge is 0.245 e. The third-order valence-corrected chi connectivity index (χ3v) is 6.12. The summed E-state index contributed by atoms with van der Waals surface area (Å²) in [5.41, 5.74) is 0. The van der Waals surface area contributed by atoms with E-state index in [1.807, 2.05) is 9.80 Å². The fourth-order valence-electron chi connectivity index (χ4n) is 4.80. The van der Waals surface area contributed by atoms with Crippen LogP contribution in [0.1, 0.15) is 73.6 Å². The molecule has 5 nitrogen and oxygen atoms in total. The van der Waals surface area contributed by atoms with Crippen LogP contribution in [0.5, 0.6) is 0 Å². The number of hydrogen-bond donors (Lipinski definition) is 1. The van der Waals surface area contributed by atoms with Crippen molar-refractivity contribution in [2.24, 2.45) is 23.7 Å². The van der Waals surface area contributed by atoms with E-state index < -0.39 is 0 Å². The van der Waals surface area contributed by atoms with Crippen LogP contribution < -0.4 is 5.32 Å². The summed E-state index contributed by atoms with van der Waals surface area (Å²) in [6.07, 6.45) is 5.04. The zero-order valence-electron chi connectivity index (χ0n) is 19.0. The molecule has 0 radical (unpaired) electrons. The molecule has 2 aliphatic rings. The van der Waals surface area contributed by atoms with Crippen LogP contribution in [0.4, 0.5) is 0 Å². The number of likely N-dealkylation sites (tertiary alicyclic amines) is 1. The van der Waals surface area contributed by atoms with Gasteiger partial charge in [0, 0.05) is 26.2 Å². The predicted molar refractivity (Wildman–Crippen MR) is 115 cm³/mol. The minimum atomic E-state index is -0.300. The largest absolute Gasteiger partial charge is 0.341 e. The monoisotopic (exact) mass is 393 g/mol. The Morgan fingerprint density at radius 2 is 1.57 bits per heavy atom. The van der Waals surface area contributed by atoms with E-state index in [4.69, 9.17) is 0 Å². The van der Waals surface area contributed by atoms with Crippen molar-refractivity contribution >= 4 is 11.8 Å². The normalized spacial score (nSPS) is 23.2. The molecule has 0 aromatic heterocycles. The molecule has 162 valence electrons. The van der Waals surface area contributed by atoms with E-state index >= 15 is 0 Å². The molecule has 0 unspecified atom stereocenters. The standard InChI is InChI=1S/C23H43N3O2/c1-16(2)13-19-7-10-25(11-8-19)23(28)21(15-18(5)6)26-12-9-24-20(22(26)27)14-17(3)4/h16-21,24H,7-15H2,1-6H3/t20-,21-/m0/s1. The van der Waals surface area contributed by atoms with E-state index in [-0.39, 0.29) is 23.9 Å². The predicted octanol–water partition coefficient (Wildman–Crippen LogP) is 3.53. The van der Waals surface area contributed by atoms with Gasteiger partial charge in [-0.15, -0.1) is 0 Å². The number of nitrogens with one attached hydrogen (secondary N) is 1. The molecule has 2 saturated heterocycles. The molecule has 0 bridgehead atoms. The van der Waals surface area contributed by atoms with Gasteiger partial charge in [0.2, 0.25) is 11.8 Å². The zero-order valence-corrected chi connectivity index (χ0v) is 19.0. The lowest BCUT2D eigenvalue weighted by Crippen LogP contribution is -2.62. The molecule has 0 aromatic carbocycles. The molecular weight excluding hydrogens is 350 g/mol. The first-order chi connectivity index (χ1) is 13.2. The number of hydrogen-bond acceptors (Lipinski definition) is 3. The van der Waals surface area contributed by atoms with Crippen LogP contribution in [0.25, 0.3) is 0 Å². The maximum atomic E-state index is 13.4. The first kappa shape index (κ1) is 23.2. The Kier molecular flexibility index (Phi) is 8.79. The Morgan fingerprint density at radius 1 is 0.964 bits per heavy atom. The van der Waals surface area contributed by atoms with Gasteiger partial charge >= 0.3 is 0 Å². The highest BCUT2D eigenvalue weighted by atomic mass is 16.2. The van der Waals surface area contributed by atoms with Gasteiger partial charge in [-0.1, -0.05) is 41.5 Å². The summed E-state index contributed by atoms with van der Waals surface area (Å²) in [5, 5.41) is 3.36. The Morgan fingerprint density at radius 3 is 2.11 bits per heavy atom. The minimum absolute atomic E-state index is 0.119. The van der Waals surface area contributed by atoms with Crippen LogP contribution in [0.15, 0.2) is 0 Å². The molecule has 0 saturated carbocycles. The lowest BCUT2D eigenvalue weighted by molar-refractivity contribution is -0.150. The molecule has 2 aliphatic heterocycles. The fraction of sp³-hybridized carbons (Fsp3) is 0.913. The third-order valence-electron chi connectivity index (χ3n) is 6.12. The van der Waals surface area contributed by atoms with Crippen LogP contribution in [-0.4, -0.2) is 59.9 Å². The number of rotatable bonds is 8. The molecule has 1 N–H and O–H groups in total. The first-order valence-corrected chi connectivity index (χ1v) is 11.5. The van der Waals surface area contributed by atoms with Gasteiger partial charge in [-0.2, -0.15) is 0 Å². The van der Waals surface area contributed by atoms with E-state index in [0.29, 0.717) is 18.4 Å². The fourth-order valence-corrected chi connectivity index (χ4v) is 4.80. The topological polar surface area (TPSA) is 52.7 Å². The summed E-state index contributed by atoms with van der Waals surface area (Å²) in [7, 11) is 0. The van der Waals surface area contributed by atoms with Gasteiger partial charge in [0.25, 0.3) is 0 Å². The second-order valence-corrected chi connectivity index (χ2v) is 10.2. The first-order valence-electron chi connectivity index (χ1n) is 11.5. The van der Waals surface area contributed by atoms with Crippen LogP contribution in [0.3, 0.4) is 0 Å². The highest BCUT2D eigenvalue weighted by Gasteiger charge is 2.39. The van der Waals surface area contributed by atoms with Crippen molar-refractivity contribution < 1.29 is 9.59 Å². The number of carbonyl (C=O) groups excluding carboxylic acids is 2. The van der Waals surface area contributed by atoms with E-state index in [1.165, 1.54) is 6.42 Å². The molecular formula is C23H43N3O2. The van der Waals surface area contributed by atoms with Gasteiger partial charge in [-0.05, 0) is 55.8 Å². The number of piperidine rings is 1. The van der Waals surface area contributed by atoms with Crippen LogP contribution in [0, 0.1) is 23.7 Å². The van der Waals surface area contributed by atoms with Gasteiger partial charge in [0.1, 0.15) is 6.04 Å². The minimum Gasteiger partial charge on any atom is -0.341 e. The lowest BCUT2D eigenvalue weighted by atomic mass is 9.88. The number of amides is 2. The molecule has 0 aromatic rings. The highest BCUT2D eigenvalue weighted by Crippen LogP contribution is 2.26. The Labute approximate surface area is 172 Å². The highest BCUT2D eigenvalue weighted by molar-refractivity contribution is 5.90. The third kappa shape index (κ3) is 6.47. The SMILES string of the molecule is CC(C)CC1CCN(C(=O)[C@H](CC(C)C)N2CCN[C@@H](CC(C)C)C2=O)CC1. The van der Waals surface area contributed by atoms with Crippen molar-refractivity contribution in [2.45, 2.75) is 85.7 Å². The molecule has 2 heterocycles. The van der Waals surface area contributed by atoms with Crippen molar-refractivity contribution in [3.8, 4) is 0 Å². The number of piperazine rings is 1. The van der Waals surface area contributed by atoms with Gasteiger partial charge in [-0.25, -0.2) is 0 Å². The number of nitrogens with zero attached hydrogens (tertiary/aromatic N) is 2. The molecule has 2 atom stereocenters. The summed E-state index contributed by atoms with van der Waals surface area (Å²) in [6, 6.07) is -0.445. The van der Waals surface area contributed by atoms with E-state index in [9.17, 15) is 9.59 Å². The molecule has 2 amide bonds. The molecule has 2 rings (SSSR count). The van der Waals surface area contributed by atoms with Crippen LogP contribution in [-0.2, 0) is 9.59 Å². The second-order valence-electron chi connectivity index (χ2n) is 10.2. The van der Waals surface area contributed by atoms with E-state index in [2.05, 4.69) is 46.9 Å². The summed E-state index contributed by atoms with van der Waals surface area (Å²) < 4.78 is 0. The summed E-state index contributed by atoms with van der Waals surface area (Å²) in [5.74, 6) is 2.60. The molecule has 0 aliphatic carbocycles. The van der Waals surface area contributed by atoms with Crippen LogP contribution in [0.2, 0.25) is 0 Å². The van der Waals surface area contributed by atoms with Crippen molar-refractivity contribution in [1.29, 1.82) is 0 Å². The molecule has 28 heavy (non-hydrogen) atoms. The van der Waals surface area contributed by atoms with Crippen molar-refractivity contribution in [1.82, 2.24) is 15.1 Å².